The van der Waals surface area contributed by atoms with Crippen LogP contribution in [0.25, 0.3) is 0 Å². The van der Waals surface area contributed by atoms with Crippen molar-refractivity contribution in [2.45, 2.75) is 6.54 Å². The average molecular weight is 286 g/mol. The third-order valence-electron chi connectivity index (χ3n) is 3.15. The van der Waals surface area contributed by atoms with Crippen molar-refractivity contribution >= 4 is 17.5 Å². The van der Waals surface area contributed by atoms with Gasteiger partial charge in [0, 0.05) is 0 Å². The number of nitrogens with zero attached hydrogens (tertiary/aromatic N) is 1. The quantitative estimate of drug-likeness (QED) is 0.920. The lowest BCUT2D eigenvalue weighted by molar-refractivity contribution is -0.125. The van der Waals surface area contributed by atoms with Gasteiger partial charge < -0.3 is 14.5 Å². The van der Waals surface area contributed by atoms with Gasteiger partial charge in [0.15, 0.2) is 6.61 Å². The predicted molar refractivity (Wildman–Crippen MR) is 74.8 cm³/mol. The van der Waals surface area contributed by atoms with Crippen LogP contribution in [0.5, 0.6) is 5.75 Å². The summed E-state index contributed by atoms with van der Waals surface area (Å²) in [6.45, 7) is 0.203. The Labute approximate surface area is 121 Å². The van der Waals surface area contributed by atoms with Crippen LogP contribution in [0.1, 0.15) is 5.76 Å². The average Bonchev–Trinajstić information content (AvgIpc) is 3.01. The van der Waals surface area contributed by atoms with E-state index in [1.807, 2.05) is 6.07 Å². The Morgan fingerprint density at radius 1 is 1.24 bits per heavy atom. The van der Waals surface area contributed by atoms with E-state index in [1.165, 1.54) is 4.90 Å². The highest BCUT2D eigenvalue weighted by molar-refractivity contribution is 6.02. The first kappa shape index (κ1) is 13.2. The summed E-state index contributed by atoms with van der Waals surface area (Å²) in [7, 11) is 0. The number of furan rings is 1. The van der Waals surface area contributed by atoms with Gasteiger partial charge in [-0.05, 0) is 24.3 Å². The number of benzene rings is 1. The molecule has 0 saturated heterocycles. The van der Waals surface area contributed by atoms with Crippen molar-refractivity contribution in [2.75, 3.05) is 18.1 Å². The van der Waals surface area contributed by atoms with Gasteiger partial charge in [-0.1, -0.05) is 12.1 Å². The Balaban J connectivity index is 1.66. The van der Waals surface area contributed by atoms with Crippen LogP contribution in [0.2, 0.25) is 0 Å². The summed E-state index contributed by atoms with van der Waals surface area (Å²) in [6, 6.07) is 10.7. The van der Waals surface area contributed by atoms with E-state index in [-0.39, 0.29) is 25.0 Å². The largest absolute Gasteiger partial charge is 0.482 e. The number of nitrogens with one attached hydrogen (secondary N) is 1. The molecule has 2 heterocycles. The maximum absolute atomic E-state index is 12.0. The summed E-state index contributed by atoms with van der Waals surface area (Å²) < 4.78 is 10.5. The third-order valence-corrected chi connectivity index (χ3v) is 3.15. The predicted octanol–water partition coefficient (Wildman–Crippen LogP) is 1.32. The number of carbonyl (C=O) groups is 2. The van der Waals surface area contributed by atoms with E-state index in [0.29, 0.717) is 23.7 Å². The van der Waals surface area contributed by atoms with Crippen molar-refractivity contribution in [1.29, 1.82) is 0 Å². The maximum Gasteiger partial charge on any atom is 0.265 e. The number of hydrogen-bond acceptors (Lipinski definition) is 4. The SMILES string of the molecule is O=C(CN1C(=O)COc2ccccc21)NCc1ccco1. The monoisotopic (exact) mass is 286 g/mol. The first-order valence-corrected chi connectivity index (χ1v) is 6.55. The van der Waals surface area contributed by atoms with Crippen molar-refractivity contribution in [3.63, 3.8) is 0 Å². The summed E-state index contributed by atoms with van der Waals surface area (Å²) in [4.78, 5) is 25.3. The van der Waals surface area contributed by atoms with Gasteiger partial charge >= 0.3 is 0 Å². The van der Waals surface area contributed by atoms with E-state index in [2.05, 4.69) is 5.32 Å². The Morgan fingerprint density at radius 3 is 2.90 bits per heavy atom. The normalized spacial score (nSPS) is 13.5. The van der Waals surface area contributed by atoms with Crippen LogP contribution in [0.4, 0.5) is 5.69 Å². The van der Waals surface area contributed by atoms with Crippen LogP contribution in [-0.2, 0) is 16.1 Å². The molecule has 108 valence electrons. The molecule has 0 fully saturated rings. The molecule has 3 rings (SSSR count). The fourth-order valence-electron chi connectivity index (χ4n) is 2.13. The second-order valence-corrected chi connectivity index (χ2v) is 4.59. The Kier molecular flexibility index (Phi) is 3.59. The van der Waals surface area contributed by atoms with E-state index < -0.39 is 0 Å². The number of anilines is 1. The molecular weight excluding hydrogens is 272 g/mol. The Bertz CT molecular complexity index is 651. The fourth-order valence-corrected chi connectivity index (χ4v) is 2.13. The van der Waals surface area contributed by atoms with Crippen molar-refractivity contribution < 1.29 is 18.7 Å². The van der Waals surface area contributed by atoms with Crippen molar-refractivity contribution in [3.05, 3.63) is 48.4 Å². The molecule has 6 heteroatoms. The van der Waals surface area contributed by atoms with Crippen molar-refractivity contribution in [2.24, 2.45) is 0 Å². The molecule has 0 atom stereocenters. The van der Waals surface area contributed by atoms with Gasteiger partial charge in [0.05, 0.1) is 18.5 Å². The summed E-state index contributed by atoms with van der Waals surface area (Å²) in [6.07, 6.45) is 1.54. The molecule has 0 bridgehead atoms. The second-order valence-electron chi connectivity index (χ2n) is 4.59. The summed E-state index contributed by atoms with van der Waals surface area (Å²) in [5, 5.41) is 2.72. The first-order valence-electron chi connectivity index (χ1n) is 6.55. The second kappa shape index (κ2) is 5.70. The molecule has 1 aromatic carbocycles. The maximum atomic E-state index is 12.0. The highest BCUT2D eigenvalue weighted by atomic mass is 16.5. The van der Waals surface area contributed by atoms with E-state index in [1.54, 1.807) is 36.6 Å². The minimum absolute atomic E-state index is 0.0418. The molecule has 2 amide bonds. The molecule has 1 aliphatic heterocycles. The van der Waals surface area contributed by atoms with Crippen molar-refractivity contribution in [1.82, 2.24) is 5.32 Å². The molecule has 2 aromatic rings. The van der Waals surface area contributed by atoms with Crippen LogP contribution in [0.3, 0.4) is 0 Å². The zero-order chi connectivity index (χ0) is 14.7. The van der Waals surface area contributed by atoms with E-state index in [9.17, 15) is 9.59 Å². The minimum atomic E-state index is -0.253. The van der Waals surface area contributed by atoms with Crippen LogP contribution in [0, 0.1) is 0 Å². The molecule has 0 radical (unpaired) electrons. The zero-order valence-electron chi connectivity index (χ0n) is 11.2. The molecule has 1 aromatic heterocycles. The molecule has 21 heavy (non-hydrogen) atoms. The van der Waals surface area contributed by atoms with E-state index >= 15 is 0 Å². The molecule has 6 nitrogen and oxygen atoms in total. The molecule has 0 unspecified atom stereocenters. The number of para-hydroxylation sites is 2. The standard InChI is InChI=1S/C15H14N2O4/c18-14(16-8-11-4-3-7-20-11)9-17-12-5-1-2-6-13(12)21-10-15(17)19/h1-7H,8-10H2,(H,16,18). The van der Waals surface area contributed by atoms with Crippen LogP contribution < -0.4 is 15.0 Å². The lowest BCUT2D eigenvalue weighted by Gasteiger charge is -2.28. The number of fused-ring (bicyclic) bond motifs is 1. The van der Waals surface area contributed by atoms with Gasteiger partial charge in [-0.25, -0.2) is 0 Å². The zero-order valence-corrected chi connectivity index (χ0v) is 11.2. The Hall–Kier alpha value is -2.76. The lowest BCUT2D eigenvalue weighted by Crippen LogP contribution is -2.45. The van der Waals surface area contributed by atoms with Gasteiger partial charge in [-0.2, -0.15) is 0 Å². The number of hydrogen-bond donors (Lipinski definition) is 1. The number of carbonyl (C=O) groups excluding carboxylic acids is 2. The van der Waals surface area contributed by atoms with E-state index in [4.69, 9.17) is 9.15 Å². The topological polar surface area (TPSA) is 71.8 Å². The highest BCUT2D eigenvalue weighted by Crippen LogP contribution is 2.31. The summed E-state index contributed by atoms with van der Waals surface area (Å²) >= 11 is 0. The minimum Gasteiger partial charge on any atom is -0.482 e. The van der Waals surface area contributed by atoms with Gasteiger partial charge in [-0.15, -0.1) is 0 Å². The molecule has 0 spiro atoms. The Morgan fingerprint density at radius 2 is 2.10 bits per heavy atom. The van der Waals surface area contributed by atoms with Gasteiger partial charge in [0.2, 0.25) is 5.91 Å². The smallest absolute Gasteiger partial charge is 0.265 e. The van der Waals surface area contributed by atoms with Crippen molar-refractivity contribution in [3.8, 4) is 5.75 Å². The molecule has 1 aliphatic rings. The first-order chi connectivity index (χ1) is 10.2. The summed E-state index contributed by atoms with van der Waals surface area (Å²) in [5.74, 6) is 0.784. The highest BCUT2D eigenvalue weighted by Gasteiger charge is 2.26. The van der Waals surface area contributed by atoms with Crippen LogP contribution in [0.15, 0.2) is 47.1 Å². The molecule has 0 aliphatic carbocycles. The molecular formula is C15H14N2O4. The van der Waals surface area contributed by atoms with Crippen LogP contribution in [-0.4, -0.2) is 25.0 Å². The third kappa shape index (κ3) is 2.89. The number of amides is 2. The number of rotatable bonds is 4. The van der Waals surface area contributed by atoms with Gasteiger partial charge in [-0.3, -0.25) is 14.5 Å². The van der Waals surface area contributed by atoms with Crippen LogP contribution >= 0.6 is 0 Å². The number of ether oxygens (including phenoxy) is 1. The van der Waals surface area contributed by atoms with E-state index in [0.717, 1.165) is 0 Å². The van der Waals surface area contributed by atoms with Gasteiger partial charge in [0.1, 0.15) is 18.1 Å². The molecule has 0 saturated carbocycles. The molecule has 1 N–H and O–H groups in total. The summed E-state index contributed by atoms with van der Waals surface area (Å²) in [5.41, 5.74) is 0.613. The fraction of sp³-hybridized carbons (Fsp3) is 0.200. The van der Waals surface area contributed by atoms with Gasteiger partial charge in [0.25, 0.3) is 5.91 Å². The lowest BCUT2D eigenvalue weighted by atomic mass is 10.2.